The normalized spacial score (nSPS) is 18.4. The van der Waals surface area contributed by atoms with E-state index in [1.165, 1.54) is 19.3 Å². The molecule has 0 spiro atoms. The van der Waals surface area contributed by atoms with Gasteiger partial charge in [0.15, 0.2) is 0 Å². The molecule has 0 unspecified atom stereocenters. The van der Waals surface area contributed by atoms with Crippen LogP contribution in [0, 0.1) is 5.41 Å². The second-order valence-electron chi connectivity index (χ2n) is 5.80. The third-order valence-electron chi connectivity index (χ3n) is 4.31. The summed E-state index contributed by atoms with van der Waals surface area (Å²) in [7, 11) is 1.69. The molecule has 114 valence electrons. The van der Waals surface area contributed by atoms with Crippen molar-refractivity contribution in [3.05, 3.63) is 5.89 Å². The lowest BCUT2D eigenvalue weighted by Crippen LogP contribution is -2.38. The molecule has 1 saturated heterocycles. The third-order valence-corrected chi connectivity index (χ3v) is 4.31. The molecular formula is C14H26N4O2. The van der Waals surface area contributed by atoms with Crippen LogP contribution in [0.5, 0.6) is 0 Å². The highest BCUT2D eigenvalue weighted by atomic mass is 16.5. The average Bonchev–Trinajstić information content (AvgIpc) is 2.93. The fraction of sp³-hybridized carbons (Fsp3) is 0.857. The van der Waals surface area contributed by atoms with Crippen molar-refractivity contribution in [3.8, 4) is 0 Å². The smallest absolute Gasteiger partial charge is 0.318 e. The van der Waals surface area contributed by atoms with E-state index in [2.05, 4.69) is 34.3 Å². The number of piperidine rings is 1. The second-order valence-corrected chi connectivity index (χ2v) is 5.80. The van der Waals surface area contributed by atoms with Gasteiger partial charge in [-0.1, -0.05) is 25.4 Å². The number of rotatable bonds is 7. The predicted molar refractivity (Wildman–Crippen MR) is 77.7 cm³/mol. The Kier molecular flexibility index (Phi) is 5.37. The molecule has 1 aromatic heterocycles. The van der Waals surface area contributed by atoms with Gasteiger partial charge in [-0.3, -0.25) is 0 Å². The zero-order valence-corrected chi connectivity index (χ0v) is 12.8. The number of hydrogen-bond donors (Lipinski definition) is 1. The Morgan fingerprint density at radius 3 is 2.75 bits per heavy atom. The fourth-order valence-corrected chi connectivity index (χ4v) is 2.40. The van der Waals surface area contributed by atoms with Gasteiger partial charge in [-0.25, -0.2) is 0 Å². The van der Waals surface area contributed by atoms with Crippen LogP contribution in [0.2, 0.25) is 0 Å². The zero-order valence-electron chi connectivity index (χ0n) is 12.8. The first kappa shape index (κ1) is 15.3. The van der Waals surface area contributed by atoms with Crippen molar-refractivity contribution in [2.45, 2.75) is 39.7 Å². The summed E-state index contributed by atoms with van der Waals surface area (Å²) in [6, 6.07) is 0.659. The number of nitrogens with one attached hydrogen (secondary N) is 1. The summed E-state index contributed by atoms with van der Waals surface area (Å²) in [4.78, 5) is 2.20. The van der Waals surface area contributed by atoms with Crippen molar-refractivity contribution in [1.29, 1.82) is 0 Å². The van der Waals surface area contributed by atoms with Crippen molar-refractivity contribution in [1.82, 2.24) is 15.5 Å². The summed E-state index contributed by atoms with van der Waals surface area (Å²) in [5.41, 5.74) is 0.473. The van der Waals surface area contributed by atoms with Crippen molar-refractivity contribution in [3.63, 3.8) is 0 Å². The molecular weight excluding hydrogens is 256 g/mol. The van der Waals surface area contributed by atoms with Crippen LogP contribution in [0.1, 0.15) is 39.0 Å². The van der Waals surface area contributed by atoms with Gasteiger partial charge in [-0.15, -0.1) is 5.10 Å². The zero-order chi connectivity index (χ0) is 14.4. The number of nitrogens with zero attached hydrogens (tertiary/aromatic N) is 3. The molecule has 20 heavy (non-hydrogen) atoms. The van der Waals surface area contributed by atoms with Crippen LogP contribution in [-0.4, -0.2) is 43.5 Å². The van der Waals surface area contributed by atoms with Crippen LogP contribution < -0.4 is 10.2 Å². The van der Waals surface area contributed by atoms with Crippen molar-refractivity contribution in [2.75, 3.05) is 38.3 Å². The van der Waals surface area contributed by atoms with E-state index >= 15 is 0 Å². The summed E-state index contributed by atoms with van der Waals surface area (Å²) >= 11 is 0. The molecule has 6 nitrogen and oxygen atoms in total. The van der Waals surface area contributed by atoms with E-state index < -0.39 is 0 Å². The minimum Gasteiger partial charge on any atom is -0.407 e. The summed E-state index contributed by atoms with van der Waals surface area (Å²) in [5, 5.41) is 11.4. The molecule has 1 N–H and O–H groups in total. The van der Waals surface area contributed by atoms with Crippen LogP contribution >= 0.6 is 0 Å². The van der Waals surface area contributed by atoms with E-state index in [4.69, 9.17) is 9.15 Å². The second kappa shape index (κ2) is 7.04. The molecule has 1 aliphatic heterocycles. The maximum absolute atomic E-state index is 5.71. The van der Waals surface area contributed by atoms with Crippen molar-refractivity contribution < 1.29 is 9.15 Å². The van der Waals surface area contributed by atoms with Gasteiger partial charge in [-0.2, -0.15) is 0 Å². The molecule has 0 saturated carbocycles. The topological polar surface area (TPSA) is 63.4 Å². The van der Waals surface area contributed by atoms with Gasteiger partial charge in [0, 0.05) is 26.7 Å². The van der Waals surface area contributed by atoms with Gasteiger partial charge in [0.1, 0.15) is 0 Å². The standard InChI is InChI=1S/C14H26N4O2/c1-4-14(2)5-8-18(9-6-14)13-17-16-12(20-13)11-15-7-10-19-3/h15H,4-11H2,1-3H3. The van der Waals surface area contributed by atoms with Crippen LogP contribution in [0.4, 0.5) is 6.01 Å². The van der Waals surface area contributed by atoms with Crippen LogP contribution in [0.15, 0.2) is 4.42 Å². The molecule has 0 aliphatic carbocycles. The number of anilines is 1. The Morgan fingerprint density at radius 2 is 2.10 bits per heavy atom. The van der Waals surface area contributed by atoms with Crippen LogP contribution in [-0.2, 0) is 11.3 Å². The van der Waals surface area contributed by atoms with E-state index in [0.29, 0.717) is 30.5 Å². The quantitative estimate of drug-likeness (QED) is 0.770. The van der Waals surface area contributed by atoms with Gasteiger partial charge < -0.3 is 19.4 Å². The molecule has 1 aromatic rings. The first-order valence-corrected chi connectivity index (χ1v) is 7.44. The van der Waals surface area contributed by atoms with E-state index in [1.807, 2.05) is 0 Å². The van der Waals surface area contributed by atoms with Gasteiger partial charge in [0.2, 0.25) is 5.89 Å². The number of ether oxygens (including phenoxy) is 1. The van der Waals surface area contributed by atoms with Crippen LogP contribution in [0.3, 0.4) is 0 Å². The molecule has 0 amide bonds. The molecule has 0 atom stereocenters. The van der Waals surface area contributed by atoms with Crippen molar-refractivity contribution >= 4 is 6.01 Å². The Bertz CT molecular complexity index is 400. The summed E-state index contributed by atoms with van der Waals surface area (Å²) in [6.07, 6.45) is 3.61. The average molecular weight is 282 g/mol. The maximum Gasteiger partial charge on any atom is 0.318 e. The van der Waals surface area contributed by atoms with E-state index in [0.717, 1.165) is 19.6 Å². The van der Waals surface area contributed by atoms with Gasteiger partial charge in [-0.05, 0) is 18.3 Å². The summed E-state index contributed by atoms with van der Waals surface area (Å²) in [6.45, 7) is 8.70. The summed E-state index contributed by atoms with van der Waals surface area (Å²) in [5.74, 6) is 0.639. The minimum absolute atomic E-state index is 0.473. The fourth-order valence-electron chi connectivity index (χ4n) is 2.40. The maximum atomic E-state index is 5.71. The monoisotopic (exact) mass is 282 g/mol. The van der Waals surface area contributed by atoms with Gasteiger partial charge >= 0.3 is 6.01 Å². The lowest BCUT2D eigenvalue weighted by atomic mass is 9.78. The predicted octanol–water partition coefficient (Wildman–Crippen LogP) is 1.82. The highest BCUT2D eigenvalue weighted by Crippen LogP contribution is 2.35. The lowest BCUT2D eigenvalue weighted by molar-refractivity contribution is 0.198. The third kappa shape index (κ3) is 3.93. The van der Waals surface area contributed by atoms with E-state index in [1.54, 1.807) is 7.11 Å². The minimum atomic E-state index is 0.473. The lowest BCUT2D eigenvalue weighted by Gasteiger charge is -2.37. The van der Waals surface area contributed by atoms with Crippen LogP contribution in [0.25, 0.3) is 0 Å². The van der Waals surface area contributed by atoms with E-state index in [-0.39, 0.29) is 0 Å². The molecule has 2 heterocycles. The number of hydrogen-bond acceptors (Lipinski definition) is 6. The van der Waals surface area contributed by atoms with Gasteiger partial charge in [0.05, 0.1) is 13.2 Å². The Balaban J connectivity index is 1.81. The molecule has 2 rings (SSSR count). The Morgan fingerprint density at radius 1 is 1.35 bits per heavy atom. The molecule has 0 radical (unpaired) electrons. The largest absolute Gasteiger partial charge is 0.407 e. The molecule has 0 aromatic carbocycles. The number of aromatic nitrogens is 2. The Labute approximate surface area is 120 Å². The number of methoxy groups -OCH3 is 1. The first-order valence-electron chi connectivity index (χ1n) is 7.44. The molecule has 0 bridgehead atoms. The van der Waals surface area contributed by atoms with Gasteiger partial charge in [0.25, 0.3) is 0 Å². The highest BCUT2D eigenvalue weighted by molar-refractivity contribution is 5.25. The molecule has 1 fully saturated rings. The van der Waals surface area contributed by atoms with Crippen molar-refractivity contribution in [2.24, 2.45) is 5.41 Å². The first-order chi connectivity index (χ1) is 9.67. The molecule has 1 aliphatic rings. The Hall–Kier alpha value is -1.14. The van der Waals surface area contributed by atoms with E-state index in [9.17, 15) is 0 Å². The highest BCUT2D eigenvalue weighted by Gasteiger charge is 2.30. The summed E-state index contributed by atoms with van der Waals surface area (Å²) < 4.78 is 10.7. The SMILES string of the molecule is CCC1(C)CCN(c2nnc(CNCCOC)o2)CC1. The molecule has 6 heteroatoms.